The Kier molecular flexibility index (Phi) is 7.60. The van der Waals surface area contributed by atoms with Crippen LogP contribution in [0.2, 0.25) is 0 Å². The highest BCUT2D eigenvalue weighted by molar-refractivity contribution is 7.98. The molecule has 1 aromatic rings. The minimum absolute atomic E-state index is 0.287. The van der Waals surface area contributed by atoms with Crippen LogP contribution in [0.4, 0.5) is 11.4 Å². The topological polar surface area (TPSA) is 92.5 Å². The Balaban J connectivity index is 2.47. The molecule has 7 heteroatoms. The molecule has 21 heavy (non-hydrogen) atoms. The largest absolute Gasteiger partial charge is 0.477 e. The van der Waals surface area contributed by atoms with Gasteiger partial charge in [-0.05, 0) is 37.0 Å². The van der Waals surface area contributed by atoms with Gasteiger partial charge in [0.05, 0.1) is 4.92 Å². The molecule has 1 aromatic carbocycles. The average molecular weight is 312 g/mol. The number of rotatable bonds is 10. The summed E-state index contributed by atoms with van der Waals surface area (Å²) < 4.78 is 0. The lowest BCUT2D eigenvalue weighted by molar-refractivity contribution is -0.385. The van der Waals surface area contributed by atoms with E-state index in [0.717, 1.165) is 19.4 Å². The van der Waals surface area contributed by atoms with Crippen molar-refractivity contribution < 1.29 is 14.8 Å². The number of aromatic carboxylic acids is 1. The normalized spacial score (nSPS) is 10.3. The van der Waals surface area contributed by atoms with E-state index in [9.17, 15) is 14.9 Å². The highest BCUT2D eigenvalue weighted by Crippen LogP contribution is 2.22. The maximum absolute atomic E-state index is 11.0. The van der Waals surface area contributed by atoms with Gasteiger partial charge in [-0.1, -0.05) is 12.8 Å². The third-order valence-corrected chi connectivity index (χ3v) is 3.72. The minimum atomic E-state index is -1.29. The second-order valence-electron chi connectivity index (χ2n) is 4.63. The lowest BCUT2D eigenvalue weighted by Crippen LogP contribution is -2.06. The molecule has 0 aromatic heterocycles. The summed E-state index contributed by atoms with van der Waals surface area (Å²) in [6, 6.07) is 4.08. The Hall–Kier alpha value is -1.76. The number of hydrogen-bond acceptors (Lipinski definition) is 5. The Morgan fingerprint density at radius 1 is 1.33 bits per heavy atom. The predicted molar refractivity (Wildman–Crippen MR) is 85.4 cm³/mol. The molecule has 0 bridgehead atoms. The van der Waals surface area contributed by atoms with Gasteiger partial charge in [0, 0.05) is 18.3 Å². The second-order valence-corrected chi connectivity index (χ2v) is 5.61. The van der Waals surface area contributed by atoms with Gasteiger partial charge in [-0.15, -0.1) is 0 Å². The zero-order valence-corrected chi connectivity index (χ0v) is 12.8. The van der Waals surface area contributed by atoms with Crippen LogP contribution < -0.4 is 5.32 Å². The molecule has 6 nitrogen and oxygen atoms in total. The van der Waals surface area contributed by atoms with Gasteiger partial charge in [-0.25, -0.2) is 4.79 Å². The Morgan fingerprint density at radius 2 is 2.05 bits per heavy atom. The van der Waals surface area contributed by atoms with E-state index in [1.165, 1.54) is 36.8 Å². The van der Waals surface area contributed by atoms with Crippen LogP contribution in [0.1, 0.15) is 36.0 Å². The number of benzene rings is 1. The first kappa shape index (κ1) is 17.3. The van der Waals surface area contributed by atoms with Gasteiger partial charge in [0.2, 0.25) is 0 Å². The SMILES string of the molecule is CSCCCCCCNc1ccc([N+](=O)[O-])c(C(=O)O)c1. The summed E-state index contributed by atoms with van der Waals surface area (Å²) in [5.41, 5.74) is -0.0720. The Morgan fingerprint density at radius 3 is 2.67 bits per heavy atom. The fourth-order valence-corrected chi connectivity index (χ4v) is 2.43. The number of carboxylic acids is 1. The number of thioether (sulfide) groups is 1. The van der Waals surface area contributed by atoms with Gasteiger partial charge in [0.1, 0.15) is 5.56 Å². The van der Waals surface area contributed by atoms with Crippen molar-refractivity contribution in [3.63, 3.8) is 0 Å². The number of nitro groups is 1. The van der Waals surface area contributed by atoms with Crippen LogP contribution in [0.15, 0.2) is 18.2 Å². The molecule has 0 atom stereocenters. The summed E-state index contributed by atoms with van der Waals surface area (Å²) in [6.45, 7) is 0.732. The molecule has 0 unspecified atom stereocenters. The predicted octanol–water partition coefficient (Wildman–Crippen LogP) is 3.63. The zero-order chi connectivity index (χ0) is 15.7. The van der Waals surface area contributed by atoms with Gasteiger partial charge in [-0.3, -0.25) is 10.1 Å². The first-order valence-corrected chi connectivity index (χ1v) is 8.20. The van der Waals surface area contributed by atoms with Crippen molar-refractivity contribution in [2.75, 3.05) is 23.9 Å². The lowest BCUT2D eigenvalue weighted by Gasteiger charge is -2.07. The van der Waals surface area contributed by atoms with Crippen LogP contribution >= 0.6 is 11.8 Å². The molecule has 0 radical (unpaired) electrons. The minimum Gasteiger partial charge on any atom is -0.477 e. The average Bonchev–Trinajstić information content (AvgIpc) is 2.46. The highest BCUT2D eigenvalue weighted by atomic mass is 32.2. The van der Waals surface area contributed by atoms with Crippen molar-refractivity contribution in [3.05, 3.63) is 33.9 Å². The number of carbonyl (C=O) groups is 1. The molecule has 2 N–H and O–H groups in total. The zero-order valence-electron chi connectivity index (χ0n) is 12.0. The van der Waals surface area contributed by atoms with Crippen molar-refractivity contribution in [1.29, 1.82) is 0 Å². The maximum atomic E-state index is 11.0. The summed E-state index contributed by atoms with van der Waals surface area (Å²) in [7, 11) is 0. The molecule has 116 valence electrons. The van der Waals surface area contributed by atoms with Crippen molar-refractivity contribution in [2.45, 2.75) is 25.7 Å². The molecule has 0 fully saturated rings. The van der Waals surface area contributed by atoms with Crippen LogP contribution in [-0.2, 0) is 0 Å². The van der Waals surface area contributed by atoms with Gasteiger partial charge in [0.15, 0.2) is 0 Å². The monoisotopic (exact) mass is 312 g/mol. The van der Waals surface area contributed by atoms with E-state index in [2.05, 4.69) is 11.6 Å². The van der Waals surface area contributed by atoms with Crippen molar-refractivity contribution in [2.24, 2.45) is 0 Å². The van der Waals surface area contributed by atoms with Crippen LogP contribution in [0.25, 0.3) is 0 Å². The van der Waals surface area contributed by atoms with Gasteiger partial charge >= 0.3 is 5.97 Å². The highest BCUT2D eigenvalue weighted by Gasteiger charge is 2.19. The van der Waals surface area contributed by atoms with Gasteiger partial charge in [-0.2, -0.15) is 11.8 Å². The third-order valence-electron chi connectivity index (χ3n) is 3.03. The lowest BCUT2D eigenvalue weighted by atomic mass is 10.1. The third kappa shape index (κ3) is 6.03. The van der Waals surface area contributed by atoms with E-state index in [-0.39, 0.29) is 11.3 Å². The molecular weight excluding hydrogens is 292 g/mol. The van der Waals surface area contributed by atoms with E-state index < -0.39 is 10.9 Å². The fourth-order valence-electron chi connectivity index (χ4n) is 1.93. The summed E-state index contributed by atoms with van der Waals surface area (Å²) in [4.78, 5) is 21.1. The Bertz CT molecular complexity index is 494. The molecule has 0 aliphatic carbocycles. The van der Waals surface area contributed by atoms with Crippen molar-refractivity contribution in [1.82, 2.24) is 0 Å². The van der Waals surface area contributed by atoms with Crippen molar-refractivity contribution >= 4 is 29.1 Å². The van der Waals surface area contributed by atoms with E-state index in [1.54, 1.807) is 0 Å². The second kappa shape index (κ2) is 9.23. The van der Waals surface area contributed by atoms with Gasteiger partial charge < -0.3 is 10.4 Å². The first-order chi connectivity index (χ1) is 10.1. The number of nitrogens with zero attached hydrogens (tertiary/aromatic N) is 1. The number of unbranched alkanes of at least 4 members (excludes halogenated alkanes) is 3. The first-order valence-electron chi connectivity index (χ1n) is 6.80. The van der Waals surface area contributed by atoms with E-state index in [0.29, 0.717) is 5.69 Å². The number of carboxylic acid groups (broad SMARTS) is 1. The number of hydrogen-bond donors (Lipinski definition) is 2. The van der Waals surface area contributed by atoms with Crippen LogP contribution in [0.3, 0.4) is 0 Å². The van der Waals surface area contributed by atoms with E-state index >= 15 is 0 Å². The van der Waals surface area contributed by atoms with Gasteiger partial charge in [0.25, 0.3) is 5.69 Å². The number of nitro benzene ring substituents is 1. The number of nitrogens with one attached hydrogen (secondary N) is 1. The molecular formula is C14H20N2O4S. The summed E-state index contributed by atoms with van der Waals surface area (Å²) in [5.74, 6) is -0.111. The fraction of sp³-hybridized carbons (Fsp3) is 0.500. The molecule has 0 aliphatic heterocycles. The molecule has 0 saturated heterocycles. The molecule has 0 aliphatic rings. The molecule has 0 spiro atoms. The Labute approximate surface area is 128 Å². The summed E-state index contributed by atoms with van der Waals surface area (Å²) in [6.07, 6.45) is 6.60. The number of anilines is 1. The van der Waals surface area contributed by atoms with Crippen molar-refractivity contribution in [3.8, 4) is 0 Å². The summed E-state index contributed by atoms with van der Waals surface area (Å²) in [5, 5.41) is 22.8. The van der Waals surface area contributed by atoms with Crippen LogP contribution in [-0.4, -0.2) is 34.6 Å². The molecule has 0 amide bonds. The quantitative estimate of drug-likeness (QED) is 0.389. The van der Waals surface area contributed by atoms with Crippen LogP contribution in [0, 0.1) is 10.1 Å². The van der Waals surface area contributed by atoms with Crippen LogP contribution in [0.5, 0.6) is 0 Å². The molecule has 0 saturated carbocycles. The maximum Gasteiger partial charge on any atom is 0.342 e. The summed E-state index contributed by atoms with van der Waals surface area (Å²) >= 11 is 1.84. The standard InChI is InChI=1S/C14H20N2O4S/c1-21-9-5-3-2-4-8-15-11-6-7-13(16(19)20)12(10-11)14(17)18/h6-7,10,15H,2-5,8-9H2,1H3,(H,17,18). The van der Waals surface area contributed by atoms with E-state index in [4.69, 9.17) is 5.11 Å². The molecule has 0 heterocycles. The smallest absolute Gasteiger partial charge is 0.342 e. The molecule has 1 rings (SSSR count). The van der Waals surface area contributed by atoms with E-state index in [1.807, 2.05) is 11.8 Å².